The normalized spacial score (nSPS) is 14.1. The molecule has 6 heteroatoms. The smallest absolute Gasteiger partial charge is 0.253 e. The van der Waals surface area contributed by atoms with Crippen LogP contribution in [-0.4, -0.2) is 49.0 Å². The summed E-state index contributed by atoms with van der Waals surface area (Å²) in [7, 11) is 2.05. The standard InChI is InChI=1S/C22H24N4OS/c1-25(22-24-20(16-28-22)18-5-3-2-4-6-18)15-17-7-9-19(10-8-17)21(27)26-13-11-23-12-14-26/h2-10,16,23H,11-15H2,1H3. The van der Waals surface area contributed by atoms with Crippen LogP contribution in [0.15, 0.2) is 60.0 Å². The fourth-order valence-electron chi connectivity index (χ4n) is 3.33. The molecule has 144 valence electrons. The summed E-state index contributed by atoms with van der Waals surface area (Å²) in [6, 6.07) is 18.2. The van der Waals surface area contributed by atoms with E-state index in [4.69, 9.17) is 4.98 Å². The summed E-state index contributed by atoms with van der Waals surface area (Å²) in [5.74, 6) is 0.119. The number of aromatic nitrogens is 1. The molecule has 0 spiro atoms. The molecule has 1 aromatic heterocycles. The van der Waals surface area contributed by atoms with E-state index in [9.17, 15) is 4.79 Å². The van der Waals surface area contributed by atoms with Gasteiger partial charge in [-0.25, -0.2) is 4.98 Å². The summed E-state index contributed by atoms with van der Waals surface area (Å²) in [6.45, 7) is 4.04. The van der Waals surface area contributed by atoms with E-state index in [1.807, 2.05) is 54.4 Å². The predicted octanol–water partition coefficient (Wildman–Crippen LogP) is 3.49. The Balaban J connectivity index is 1.40. The molecule has 1 fully saturated rings. The van der Waals surface area contributed by atoms with Gasteiger partial charge in [-0.15, -0.1) is 11.3 Å². The summed E-state index contributed by atoms with van der Waals surface area (Å²) in [4.78, 5) is 21.4. The predicted molar refractivity (Wildman–Crippen MR) is 115 cm³/mol. The largest absolute Gasteiger partial charge is 0.347 e. The van der Waals surface area contributed by atoms with Crippen molar-refractivity contribution >= 4 is 22.4 Å². The van der Waals surface area contributed by atoms with E-state index in [-0.39, 0.29) is 5.91 Å². The lowest BCUT2D eigenvalue weighted by Gasteiger charge is -2.27. The van der Waals surface area contributed by atoms with Gasteiger partial charge in [0.15, 0.2) is 5.13 Å². The summed E-state index contributed by atoms with van der Waals surface area (Å²) in [6.07, 6.45) is 0. The Labute approximate surface area is 169 Å². The highest BCUT2D eigenvalue weighted by molar-refractivity contribution is 7.14. The number of thiazole rings is 1. The quantitative estimate of drug-likeness (QED) is 0.722. The third kappa shape index (κ3) is 4.24. The Morgan fingerprint density at radius 2 is 1.82 bits per heavy atom. The number of hydrogen-bond donors (Lipinski definition) is 1. The molecule has 4 rings (SSSR count). The van der Waals surface area contributed by atoms with E-state index in [0.717, 1.165) is 60.2 Å². The van der Waals surface area contributed by atoms with Gasteiger partial charge in [0.1, 0.15) is 0 Å². The maximum absolute atomic E-state index is 12.6. The van der Waals surface area contributed by atoms with Crippen molar-refractivity contribution in [2.24, 2.45) is 0 Å². The number of rotatable bonds is 5. The molecule has 0 radical (unpaired) electrons. The van der Waals surface area contributed by atoms with E-state index in [2.05, 4.69) is 27.7 Å². The van der Waals surface area contributed by atoms with Gasteiger partial charge in [-0.2, -0.15) is 0 Å². The molecule has 5 nitrogen and oxygen atoms in total. The zero-order valence-electron chi connectivity index (χ0n) is 16.0. The minimum absolute atomic E-state index is 0.119. The first-order valence-electron chi connectivity index (χ1n) is 9.52. The number of carbonyl (C=O) groups excluding carboxylic acids is 1. The summed E-state index contributed by atoms with van der Waals surface area (Å²) in [5.41, 5.74) is 4.06. The lowest BCUT2D eigenvalue weighted by atomic mass is 10.1. The molecule has 0 aliphatic carbocycles. The van der Waals surface area contributed by atoms with Crippen LogP contribution in [0.3, 0.4) is 0 Å². The SMILES string of the molecule is CN(Cc1ccc(C(=O)N2CCNCC2)cc1)c1nc(-c2ccccc2)cs1. The fourth-order valence-corrected chi connectivity index (χ4v) is 4.13. The van der Waals surface area contributed by atoms with Crippen LogP contribution in [0.5, 0.6) is 0 Å². The molecule has 0 saturated carbocycles. The zero-order valence-corrected chi connectivity index (χ0v) is 16.8. The maximum Gasteiger partial charge on any atom is 0.253 e. The van der Waals surface area contributed by atoms with Crippen LogP contribution in [-0.2, 0) is 6.54 Å². The van der Waals surface area contributed by atoms with Crippen LogP contribution >= 0.6 is 11.3 Å². The van der Waals surface area contributed by atoms with Crippen LogP contribution in [0.2, 0.25) is 0 Å². The first kappa shape index (κ1) is 18.7. The van der Waals surface area contributed by atoms with Crippen LogP contribution in [0.4, 0.5) is 5.13 Å². The number of nitrogens with one attached hydrogen (secondary N) is 1. The third-order valence-corrected chi connectivity index (χ3v) is 5.87. The molecule has 1 aliphatic heterocycles. The number of hydrogen-bond acceptors (Lipinski definition) is 5. The van der Waals surface area contributed by atoms with Gasteiger partial charge >= 0.3 is 0 Å². The van der Waals surface area contributed by atoms with Crippen molar-refractivity contribution in [3.05, 3.63) is 71.1 Å². The van der Waals surface area contributed by atoms with Crippen molar-refractivity contribution in [3.63, 3.8) is 0 Å². The Morgan fingerprint density at radius 1 is 1.11 bits per heavy atom. The topological polar surface area (TPSA) is 48.5 Å². The lowest BCUT2D eigenvalue weighted by molar-refractivity contribution is 0.0736. The van der Waals surface area contributed by atoms with Crippen molar-refractivity contribution in [1.82, 2.24) is 15.2 Å². The number of anilines is 1. The number of piperazine rings is 1. The number of nitrogens with zero attached hydrogens (tertiary/aromatic N) is 3. The highest BCUT2D eigenvalue weighted by Gasteiger charge is 2.17. The van der Waals surface area contributed by atoms with Gasteiger partial charge in [0.25, 0.3) is 5.91 Å². The molecular formula is C22H24N4OS. The second-order valence-corrected chi connectivity index (χ2v) is 7.81. The molecule has 0 bridgehead atoms. The molecule has 2 heterocycles. The average Bonchev–Trinajstić information content (AvgIpc) is 3.26. The van der Waals surface area contributed by atoms with E-state index >= 15 is 0 Å². The Bertz CT molecular complexity index is 917. The summed E-state index contributed by atoms with van der Waals surface area (Å²) < 4.78 is 0. The third-order valence-electron chi connectivity index (χ3n) is 4.91. The fraction of sp³-hybridized carbons (Fsp3) is 0.273. The van der Waals surface area contributed by atoms with Gasteiger partial charge in [0.2, 0.25) is 0 Å². The molecule has 3 aromatic rings. The molecule has 1 aliphatic rings. The average molecular weight is 393 g/mol. The Kier molecular flexibility index (Phi) is 5.69. The van der Waals surface area contributed by atoms with Gasteiger partial charge in [-0.3, -0.25) is 4.79 Å². The Morgan fingerprint density at radius 3 is 2.54 bits per heavy atom. The molecule has 1 N–H and O–H groups in total. The second kappa shape index (κ2) is 8.54. The second-order valence-electron chi connectivity index (χ2n) is 6.98. The van der Waals surface area contributed by atoms with Crippen LogP contribution in [0, 0.1) is 0 Å². The van der Waals surface area contributed by atoms with Gasteiger partial charge in [-0.05, 0) is 17.7 Å². The van der Waals surface area contributed by atoms with Crippen molar-refractivity contribution in [2.45, 2.75) is 6.54 Å². The molecular weight excluding hydrogens is 368 g/mol. The molecule has 1 amide bonds. The van der Waals surface area contributed by atoms with Crippen molar-refractivity contribution in [1.29, 1.82) is 0 Å². The monoisotopic (exact) mass is 392 g/mol. The first-order valence-corrected chi connectivity index (χ1v) is 10.4. The lowest BCUT2D eigenvalue weighted by Crippen LogP contribution is -2.46. The van der Waals surface area contributed by atoms with E-state index in [1.165, 1.54) is 0 Å². The van der Waals surface area contributed by atoms with E-state index in [0.29, 0.717) is 0 Å². The molecule has 28 heavy (non-hydrogen) atoms. The minimum atomic E-state index is 0.119. The van der Waals surface area contributed by atoms with Crippen LogP contribution < -0.4 is 10.2 Å². The highest BCUT2D eigenvalue weighted by Crippen LogP contribution is 2.27. The molecule has 1 saturated heterocycles. The first-order chi connectivity index (χ1) is 13.7. The van der Waals surface area contributed by atoms with E-state index in [1.54, 1.807) is 11.3 Å². The number of benzene rings is 2. The maximum atomic E-state index is 12.6. The van der Waals surface area contributed by atoms with Crippen LogP contribution in [0.25, 0.3) is 11.3 Å². The molecule has 2 aromatic carbocycles. The Hall–Kier alpha value is -2.70. The summed E-state index contributed by atoms with van der Waals surface area (Å²) >= 11 is 1.65. The van der Waals surface area contributed by atoms with Gasteiger partial charge in [0, 0.05) is 56.3 Å². The number of carbonyl (C=O) groups is 1. The van der Waals surface area contributed by atoms with Crippen LogP contribution in [0.1, 0.15) is 15.9 Å². The minimum Gasteiger partial charge on any atom is -0.347 e. The summed E-state index contributed by atoms with van der Waals surface area (Å²) in [5, 5.41) is 6.35. The molecule has 0 atom stereocenters. The molecule has 0 unspecified atom stereocenters. The van der Waals surface area contributed by atoms with Crippen molar-refractivity contribution in [3.8, 4) is 11.3 Å². The van der Waals surface area contributed by atoms with Gasteiger partial charge in [0.05, 0.1) is 5.69 Å². The van der Waals surface area contributed by atoms with Crippen molar-refractivity contribution < 1.29 is 4.79 Å². The van der Waals surface area contributed by atoms with Crippen molar-refractivity contribution in [2.75, 3.05) is 38.1 Å². The van der Waals surface area contributed by atoms with Gasteiger partial charge in [-0.1, -0.05) is 42.5 Å². The van der Waals surface area contributed by atoms with Gasteiger partial charge < -0.3 is 15.1 Å². The zero-order chi connectivity index (χ0) is 19.3. The number of amides is 1. The highest BCUT2D eigenvalue weighted by atomic mass is 32.1. The van der Waals surface area contributed by atoms with E-state index < -0.39 is 0 Å².